The van der Waals surface area contributed by atoms with E-state index in [1.165, 1.54) is 18.2 Å². The van der Waals surface area contributed by atoms with Crippen molar-refractivity contribution in [2.75, 3.05) is 5.32 Å². The summed E-state index contributed by atoms with van der Waals surface area (Å²) in [5, 5.41) is 4.30. The molecule has 1 aliphatic heterocycles. The first-order valence-electron chi connectivity index (χ1n) is 7.86. The fourth-order valence-corrected chi connectivity index (χ4v) is 3.73. The van der Waals surface area contributed by atoms with Crippen molar-refractivity contribution in [1.82, 2.24) is 10.3 Å². The second kappa shape index (κ2) is 6.42. The summed E-state index contributed by atoms with van der Waals surface area (Å²) in [6.07, 6.45) is -5.07. The Balaban J connectivity index is 1.58. The van der Waals surface area contributed by atoms with Gasteiger partial charge in [-0.3, -0.25) is 10.6 Å². The number of carbonyl (C=O) groups is 1. The molecule has 28 heavy (non-hydrogen) atoms. The molecule has 0 spiro atoms. The molecule has 0 saturated carbocycles. The number of aryl methyl sites for hydroxylation is 1. The van der Waals surface area contributed by atoms with Gasteiger partial charge in [-0.1, -0.05) is 35.1 Å². The number of anilines is 1. The Morgan fingerprint density at radius 2 is 1.96 bits per heavy atom. The highest BCUT2D eigenvalue weighted by Gasteiger charge is 2.65. The number of alkyl halides is 3. The molecule has 0 fully saturated rings. The van der Waals surface area contributed by atoms with E-state index in [9.17, 15) is 18.0 Å². The van der Waals surface area contributed by atoms with Crippen LogP contribution in [0.3, 0.4) is 0 Å². The highest BCUT2D eigenvalue weighted by atomic mass is 35.5. The number of urea groups is 1. The number of ether oxygens (including phenoxy) is 2. The summed E-state index contributed by atoms with van der Waals surface area (Å²) < 4.78 is 51.6. The van der Waals surface area contributed by atoms with Crippen molar-refractivity contribution in [3.05, 3.63) is 47.0 Å². The van der Waals surface area contributed by atoms with Gasteiger partial charge in [0.1, 0.15) is 0 Å². The third-order valence-corrected chi connectivity index (χ3v) is 5.08. The first kappa shape index (κ1) is 18.6. The first-order valence-corrected chi connectivity index (χ1v) is 9.06. The largest absolute Gasteiger partial charge is 0.492 e. The van der Waals surface area contributed by atoms with E-state index >= 15 is 0 Å². The maximum absolute atomic E-state index is 13.7. The lowest BCUT2D eigenvalue weighted by molar-refractivity contribution is -0.317. The van der Waals surface area contributed by atoms with Crippen LogP contribution in [-0.4, -0.2) is 23.1 Å². The number of aromatic nitrogens is 1. The fourth-order valence-electron chi connectivity index (χ4n) is 2.63. The summed E-state index contributed by atoms with van der Waals surface area (Å²) in [5.41, 5.74) is 1.53. The molecule has 1 aromatic heterocycles. The molecule has 2 amide bonds. The number of hydrogen-bond donors (Lipinski definition) is 2. The average molecular weight is 430 g/mol. The molecule has 2 heterocycles. The second-order valence-corrected chi connectivity index (χ2v) is 7.40. The van der Waals surface area contributed by atoms with Crippen LogP contribution in [0.15, 0.2) is 36.4 Å². The number of nitrogens with one attached hydrogen (secondary N) is 2. The Kier molecular flexibility index (Phi) is 4.27. The first-order chi connectivity index (χ1) is 13.2. The van der Waals surface area contributed by atoms with E-state index in [2.05, 4.69) is 10.3 Å². The Hall–Kier alpha value is -2.72. The van der Waals surface area contributed by atoms with Gasteiger partial charge in [0.05, 0.1) is 10.2 Å². The van der Waals surface area contributed by atoms with E-state index in [1.807, 2.05) is 19.1 Å². The van der Waals surface area contributed by atoms with Crippen molar-refractivity contribution in [2.45, 2.75) is 19.0 Å². The fraction of sp³-hybridized carbons (Fsp3) is 0.176. The predicted octanol–water partition coefficient (Wildman–Crippen LogP) is 5.07. The van der Waals surface area contributed by atoms with Gasteiger partial charge in [0.2, 0.25) is 0 Å². The number of halogens is 4. The van der Waals surface area contributed by atoms with Crippen LogP contribution in [0, 0.1) is 6.92 Å². The lowest BCUT2D eigenvalue weighted by atomic mass is 10.2. The van der Waals surface area contributed by atoms with Gasteiger partial charge in [-0.25, -0.2) is 9.78 Å². The molecule has 3 aromatic rings. The van der Waals surface area contributed by atoms with E-state index < -0.39 is 18.1 Å². The van der Waals surface area contributed by atoms with Crippen LogP contribution >= 0.6 is 22.9 Å². The Morgan fingerprint density at radius 1 is 1.21 bits per heavy atom. The molecule has 146 valence electrons. The normalized spacial score (nSPS) is 18.3. The Labute approximate surface area is 165 Å². The maximum atomic E-state index is 13.7. The molecule has 11 heteroatoms. The molecule has 2 N–H and O–H groups in total. The van der Waals surface area contributed by atoms with Crippen molar-refractivity contribution in [3.63, 3.8) is 0 Å². The standard InChI is InChI=1S/C17H11ClF3N3O3S/c1-8-3-2-4-12-13(8)22-15(28-12)23-14(25)24-17(16(19,20)21)26-10-6-5-9(18)7-11(10)27-17/h2-7H,1H3,(H2,22,23,24,25)/t17-/m1/s1. The van der Waals surface area contributed by atoms with Gasteiger partial charge in [-0.05, 0) is 30.7 Å². The molecule has 4 rings (SSSR count). The third-order valence-electron chi connectivity index (χ3n) is 3.91. The minimum absolute atomic E-state index is 0.137. The monoisotopic (exact) mass is 429 g/mol. The van der Waals surface area contributed by atoms with E-state index in [0.717, 1.165) is 21.6 Å². The number of rotatable bonds is 2. The van der Waals surface area contributed by atoms with Crippen molar-refractivity contribution in [3.8, 4) is 11.5 Å². The van der Waals surface area contributed by atoms with Crippen LogP contribution < -0.4 is 20.1 Å². The average Bonchev–Trinajstić information content (AvgIpc) is 3.16. The van der Waals surface area contributed by atoms with Crippen LogP contribution in [0.4, 0.5) is 23.1 Å². The van der Waals surface area contributed by atoms with Crippen LogP contribution in [0.1, 0.15) is 5.56 Å². The highest BCUT2D eigenvalue weighted by molar-refractivity contribution is 7.22. The van der Waals surface area contributed by atoms with Gasteiger partial charge >= 0.3 is 18.1 Å². The van der Waals surface area contributed by atoms with Crippen LogP contribution in [0.5, 0.6) is 11.5 Å². The van der Waals surface area contributed by atoms with Crippen LogP contribution in [0.2, 0.25) is 5.02 Å². The summed E-state index contributed by atoms with van der Waals surface area (Å²) in [7, 11) is 0. The molecule has 0 aliphatic carbocycles. The quantitative estimate of drug-likeness (QED) is 0.596. The number of carbonyl (C=O) groups excluding carboxylic acids is 1. The van der Waals surface area contributed by atoms with Gasteiger partial charge in [0.15, 0.2) is 16.6 Å². The van der Waals surface area contributed by atoms with Crippen molar-refractivity contribution < 1.29 is 27.4 Å². The molecule has 0 radical (unpaired) electrons. The van der Waals surface area contributed by atoms with E-state index in [4.69, 9.17) is 21.1 Å². The minimum atomic E-state index is -5.07. The van der Waals surface area contributed by atoms with Crippen LogP contribution in [0.25, 0.3) is 10.2 Å². The number of para-hydroxylation sites is 1. The summed E-state index contributed by atoms with van der Waals surface area (Å²) in [4.78, 5) is 16.5. The topological polar surface area (TPSA) is 72.5 Å². The lowest BCUT2D eigenvalue weighted by Gasteiger charge is -2.29. The van der Waals surface area contributed by atoms with Crippen molar-refractivity contribution in [2.24, 2.45) is 0 Å². The lowest BCUT2D eigenvalue weighted by Crippen LogP contribution is -2.65. The number of fused-ring (bicyclic) bond motifs is 2. The number of hydrogen-bond acceptors (Lipinski definition) is 5. The summed E-state index contributed by atoms with van der Waals surface area (Å²) in [6, 6.07) is 8.01. The number of thiazole rings is 1. The summed E-state index contributed by atoms with van der Waals surface area (Å²) in [5.74, 6) is -3.81. The molecule has 0 bridgehead atoms. The van der Waals surface area contributed by atoms with E-state index in [1.54, 1.807) is 11.4 Å². The number of nitrogens with zero attached hydrogens (tertiary/aromatic N) is 1. The zero-order valence-electron chi connectivity index (χ0n) is 14.1. The Morgan fingerprint density at radius 3 is 2.68 bits per heavy atom. The highest BCUT2D eigenvalue weighted by Crippen LogP contribution is 2.46. The molecule has 0 unspecified atom stereocenters. The molecular weight excluding hydrogens is 419 g/mol. The number of amides is 2. The van der Waals surface area contributed by atoms with Crippen molar-refractivity contribution >= 4 is 44.3 Å². The second-order valence-electron chi connectivity index (χ2n) is 5.93. The van der Waals surface area contributed by atoms with Crippen molar-refractivity contribution in [1.29, 1.82) is 0 Å². The van der Waals surface area contributed by atoms with Gasteiger partial charge in [-0.2, -0.15) is 13.2 Å². The van der Waals surface area contributed by atoms with Gasteiger partial charge in [-0.15, -0.1) is 0 Å². The maximum Gasteiger partial charge on any atom is 0.492 e. The molecular formula is C17H11ClF3N3O3S. The zero-order valence-corrected chi connectivity index (χ0v) is 15.6. The van der Waals surface area contributed by atoms with Gasteiger partial charge < -0.3 is 9.47 Å². The molecule has 6 nitrogen and oxygen atoms in total. The van der Waals surface area contributed by atoms with Gasteiger partial charge in [0, 0.05) is 11.1 Å². The van der Waals surface area contributed by atoms with E-state index in [-0.39, 0.29) is 21.7 Å². The van der Waals surface area contributed by atoms with Gasteiger partial charge in [0.25, 0.3) is 0 Å². The summed E-state index contributed by atoms with van der Waals surface area (Å²) >= 11 is 6.90. The smallest absolute Gasteiger partial charge is 0.424 e. The Bertz CT molecular complexity index is 1090. The number of benzene rings is 2. The minimum Gasteiger partial charge on any atom is -0.424 e. The predicted molar refractivity (Wildman–Crippen MR) is 98.0 cm³/mol. The zero-order chi connectivity index (χ0) is 20.1. The third kappa shape index (κ3) is 3.18. The van der Waals surface area contributed by atoms with Crippen LogP contribution in [-0.2, 0) is 0 Å². The van der Waals surface area contributed by atoms with E-state index in [0.29, 0.717) is 5.52 Å². The molecule has 1 atom stereocenters. The SMILES string of the molecule is Cc1cccc2sc(NC(=O)N[C@]3(C(F)(F)F)Oc4ccc(Cl)cc4O3)nc12. The molecule has 0 saturated heterocycles. The summed E-state index contributed by atoms with van der Waals surface area (Å²) in [6.45, 7) is 1.84. The molecule has 2 aromatic carbocycles. The molecule has 1 aliphatic rings.